The van der Waals surface area contributed by atoms with Crippen molar-refractivity contribution in [2.75, 3.05) is 25.0 Å². The van der Waals surface area contributed by atoms with E-state index in [9.17, 15) is 4.79 Å². The first-order valence-electron chi connectivity index (χ1n) is 7.91. The molecule has 1 saturated heterocycles. The van der Waals surface area contributed by atoms with E-state index in [0.29, 0.717) is 31.1 Å². The van der Waals surface area contributed by atoms with Crippen LogP contribution in [0.5, 0.6) is 5.75 Å². The number of para-hydroxylation sites is 2. The first-order chi connectivity index (χ1) is 11.3. The molecule has 1 aromatic heterocycles. The number of amides is 2. The van der Waals surface area contributed by atoms with Crippen molar-refractivity contribution in [3.63, 3.8) is 0 Å². The number of nitrogens with zero attached hydrogens (tertiary/aromatic N) is 4. The molecule has 122 valence electrons. The van der Waals surface area contributed by atoms with Crippen LogP contribution in [-0.4, -0.2) is 45.6 Å². The van der Waals surface area contributed by atoms with Crippen LogP contribution in [0.1, 0.15) is 25.8 Å². The Morgan fingerprint density at radius 2 is 1.96 bits per heavy atom. The second kappa shape index (κ2) is 7.13. The molecule has 0 aliphatic carbocycles. The number of rotatable bonds is 4. The van der Waals surface area contributed by atoms with Crippen molar-refractivity contribution >= 4 is 11.7 Å². The van der Waals surface area contributed by atoms with E-state index in [2.05, 4.69) is 15.5 Å². The van der Waals surface area contributed by atoms with Crippen LogP contribution in [0.3, 0.4) is 0 Å². The van der Waals surface area contributed by atoms with Crippen molar-refractivity contribution < 1.29 is 9.53 Å². The van der Waals surface area contributed by atoms with E-state index in [1.165, 1.54) is 0 Å². The number of nitrogens with one attached hydrogen (secondary N) is 1. The Labute approximate surface area is 135 Å². The second-order valence-electron chi connectivity index (χ2n) is 5.43. The molecule has 2 amide bonds. The summed E-state index contributed by atoms with van der Waals surface area (Å²) in [5.74, 6) is 0.693. The quantitative estimate of drug-likeness (QED) is 0.941. The van der Waals surface area contributed by atoms with Gasteiger partial charge in [-0.1, -0.05) is 12.1 Å². The van der Waals surface area contributed by atoms with Gasteiger partial charge in [-0.15, -0.1) is 0 Å². The van der Waals surface area contributed by atoms with Crippen LogP contribution in [0.15, 0.2) is 36.7 Å². The molecular weight excluding hydrogens is 294 g/mol. The normalized spacial score (nSPS) is 15.4. The van der Waals surface area contributed by atoms with Gasteiger partial charge in [0.1, 0.15) is 5.75 Å². The first-order valence-corrected chi connectivity index (χ1v) is 7.91. The van der Waals surface area contributed by atoms with Gasteiger partial charge in [0, 0.05) is 13.1 Å². The number of carbonyl (C=O) groups excluding carboxylic acids is 1. The highest BCUT2D eigenvalue weighted by Crippen LogP contribution is 2.25. The molecule has 0 radical (unpaired) electrons. The van der Waals surface area contributed by atoms with E-state index in [1.807, 2.05) is 36.1 Å². The van der Waals surface area contributed by atoms with Gasteiger partial charge in [-0.3, -0.25) is 0 Å². The van der Waals surface area contributed by atoms with Crippen molar-refractivity contribution in [3.05, 3.63) is 36.7 Å². The smallest absolute Gasteiger partial charge is 0.321 e. The largest absolute Gasteiger partial charge is 0.492 e. The number of benzene rings is 1. The number of hydrogen-bond donors (Lipinski definition) is 1. The van der Waals surface area contributed by atoms with E-state index in [0.717, 1.165) is 12.8 Å². The average Bonchev–Trinajstić information content (AvgIpc) is 3.11. The molecule has 2 heterocycles. The van der Waals surface area contributed by atoms with Gasteiger partial charge in [0.15, 0.2) is 0 Å². The summed E-state index contributed by atoms with van der Waals surface area (Å²) in [6.45, 7) is 3.87. The molecule has 2 aromatic rings. The van der Waals surface area contributed by atoms with Gasteiger partial charge < -0.3 is 15.0 Å². The monoisotopic (exact) mass is 315 g/mol. The molecule has 1 aromatic carbocycles. The number of ether oxygens (including phenoxy) is 1. The molecule has 0 atom stereocenters. The Balaban J connectivity index is 1.58. The van der Waals surface area contributed by atoms with Crippen LogP contribution in [0, 0.1) is 0 Å². The van der Waals surface area contributed by atoms with E-state index in [-0.39, 0.29) is 12.1 Å². The third kappa shape index (κ3) is 3.61. The number of piperidine rings is 1. The molecule has 1 aliphatic rings. The molecule has 7 heteroatoms. The SMILES string of the molecule is CCOc1ccccc1NC(=O)N1CCC(n2nccn2)CC1. The third-order valence-electron chi connectivity index (χ3n) is 3.94. The number of carbonyl (C=O) groups is 1. The minimum atomic E-state index is -0.0935. The van der Waals surface area contributed by atoms with Crippen LogP contribution in [0.25, 0.3) is 0 Å². The van der Waals surface area contributed by atoms with Crippen LogP contribution < -0.4 is 10.1 Å². The summed E-state index contributed by atoms with van der Waals surface area (Å²) in [5, 5.41) is 11.3. The fraction of sp³-hybridized carbons (Fsp3) is 0.438. The fourth-order valence-corrected chi connectivity index (χ4v) is 2.76. The van der Waals surface area contributed by atoms with E-state index in [1.54, 1.807) is 17.2 Å². The van der Waals surface area contributed by atoms with Gasteiger partial charge >= 0.3 is 6.03 Å². The Bertz CT molecular complexity index is 636. The number of anilines is 1. The molecule has 0 saturated carbocycles. The first kappa shape index (κ1) is 15.3. The van der Waals surface area contributed by atoms with Crippen molar-refractivity contribution in [3.8, 4) is 5.75 Å². The number of likely N-dealkylation sites (tertiary alicyclic amines) is 1. The van der Waals surface area contributed by atoms with Gasteiger partial charge in [0.25, 0.3) is 0 Å². The fourth-order valence-electron chi connectivity index (χ4n) is 2.76. The second-order valence-corrected chi connectivity index (χ2v) is 5.43. The molecule has 1 aliphatic heterocycles. The third-order valence-corrected chi connectivity index (χ3v) is 3.94. The lowest BCUT2D eigenvalue weighted by atomic mass is 10.1. The summed E-state index contributed by atoms with van der Waals surface area (Å²) in [6.07, 6.45) is 5.08. The number of aromatic nitrogens is 3. The van der Waals surface area contributed by atoms with E-state index in [4.69, 9.17) is 4.74 Å². The van der Waals surface area contributed by atoms with Crippen molar-refractivity contribution in [1.29, 1.82) is 0 Å². The maximum Gasteiger partial charge on any atom is 0.321 e. The van der Waals surface area contributed by atoms with Gasteiger partial charge in [-0.2, -0.15) is 15.0 Å². The topological polar surface area (TPSA) is 72.3 Å². The molecular formula is C16H21N5O2. The van der Waals surface area contributed by atoms with Crippen LogP contribution in [0.2, 0.25) is 0 Å². The number of hydrogen-bond acceptors (Lipinski definition) is 4. The zero-order valence-corrected chi connectivity index (χ0v) is 13.2. The van der Waals surface area contributed by atoms with Crippen LogP contribution >= 0.6 is 0 Å². The van der Waals surface area contributed by atoms with Crippen molar-refractivity contribution in [1.82, 2.24) is 19.9 Å². The summed E-state index contributed by atoms with van der Waals surface area (Å²) < 4.78 is 5.54. The average molecular weight is 315 g/mol. The Morgan fingerprint density at radius 1 is 1.26 bits per heavy atom. The van der Waals surface area contributed by atoms with E-state index < -0.39 is 0 Å². The van der Waals surface area contributed by atoms with Gasteiger partial charge in [0.2, 0.25) is 0 Å². The molecule has 7 nitrogen and oxygen atoms in total. The summed E-state index contributed by atoms with van der Waals surface area (Å²) in [5.41, 5.74) is 0.704. The minimum Gasteiger partial charge on any atom is -0.492 e. The molecule has 0 spiro atoms. The minimum absolute atomic E-state index is 0.0935. The number of urea groups is 1. The standard InChI is InChI=1S/C16H21N5O2/c1-2-23-15-6-4-3-5-14(15)19-16(22)20-11-7-13(8-12-20)21-17-9-10-18-21/h3-6,9-10,13H,2,7-8,11-12H2,1H3,(H,19,22). The van der Waals surface area contributed by atoms with Crippen LogP contribution in [0.4, 0.5) is 10.5 Å². The highest BCUT2D eigenvalue weighted by Gasteiger charge is 2.25. The molecule has 23 heavy (non-hydrogen) atoms. The lowest BCUT2D eigenvalue weighted by Crippen LogP contribution is -2.41. The summed E-state index contributed by atoms with van der Waals surface area (Å²) in [6, 6.07) is 7.66. The molecule has 0 bridgehead atoms. The zero-order valence-electron chi connectivity index (χ0n) is 13.2. The predicted octanol–water partition coefficient (Wildman–Crippen LogP) is 2.55. The zero-order chi connectivity index (χ0) is 16.1. The van der Waals surface area contributed by atoms with Crippen molar-refractivity contribution in [2.24, 2.45) is 0 Å². The summed E-state index contributed by atoms with van der Waals surface area (Å²) in [4.78, 5) is 16.0. The van der Waals surface area contributed by atoms with Gasteiger partial charge in [-0.25, -0.2) is 4.79 Å². The lowest BCUT2D eigenvalue weighted by Gasteiger charge is -2.31. The maximum atomic E-state index is 12.4. The summed E-state index contributed by atoms with van der Waals surface area (Å²) >= 11 is 0. The van der Waals surface area contributed by atoms with Gasteiger partial charge in [-0.05, 0) is 31.9 Å². The van der Waals surface area contributed by atoms with Gasteiger partial charge in [0.05, 0.1) is 30.7 Å². The lowest BCUT2D eigenvalue weighted by molar-refractivity contribution is 0.175. The van der Waals surface area contributed by atoms with Crippen LogP contribution in [-0.2, 0) is 0 Å². The molecule has 1 N–H and O–H groups in total. The highest BCUT2D eigenvalue weighted by atomic mass is 16.5. The maximum absolute atomic E-state index is 12.4. The Morgan fingerprint density at radius 3 is 2.65 bits per heavy atom. The Hall–Kier alpha value is -2.57. The predicted molar refractivity (Wildman–Crippen MR) is 86.5 cm³/mol. The molecule has 0 unspecified atom stereocenters. The summed E-state index contributed by atoms with van der Waals surface area (Å²) in [7, 11) is 0. The van der Waals surface area contributed by atoms with Crippen molar-refractivity contribution in [2.45, 2.75) is 25.8 Å². The Kier molecular flexibility index (Phi) is 4.75. The van der Waals surface area contributed by atoms with E-state index >= 15 is 0 Å². The highest BCUT2D eigenvalue weighted by molar-refractivity contribution is 5.91. The molecule has 3 rings (SSSR count). The molecule has 1 fully saturated rings.